The second-order valence-electron chi connectivity index (χ2n) is 6.32. The Bertz CT molecular complexity index is 647. The van der Waals surface area contributed by atoms with Gasteiger partial charge in [-0.05, 0) is 44.5 Å². The van der Waals surface area contributed by atoms with E-state index in [0.717, 1.165) is 0 Å². The lowest BCUT2D eigenvalue weighted by Crippen LogP contribution is -2.46. The Morgan fingerprint density at radius 1 is 1.22 bits per heavy atom. The van der Waals surface area contributed by atoms with Gasteiger partial charge in [0.25, 0.3) is 0 Å². The number of guanidine groups is 1. The van der Waals surface area contributed by atoms with E-state index in [1.54, 1.807) is 12.1 Å². The maximum absolute atomic E-state index is 12.9. The third-order valence-electron chi connectivity index (χ3n) is 4.01. The minimum Gasteiger partial charge on any atom is -0.489 e. The third kappa shape index (κ3) is 6.88. The van der Waals surface area contributed by atoms with E-state index in [1.807, 2.05) is 13.8 Å². The number of halogens is 1. The first kappa shape index (κ1) is 20.7. The number of rotatable bonds is 8. The number of ether oxygens (including phenoxy) is 1. The lowest BCUT2D eigenvalue weighted by Gasteiger charge is -2.25. The molecular weight excluding hydrogens is 351 g/mol. The summed E-state index contributed by atoms with van der Waals surface area (Å²) in [5.41, 5.74) is 0. The smallest absolute Gasteiger partial charge is 0.229 e. The Balaban J connectivity index is 1.81. The van der Waals surface area contributed by atoms with Crippen LogP contribution in [0.3, 0.4) is 0 Å². The summed E-state index contributed by atoms with van der Waals surface area (Å²) < 4.78 is 18.6. The van der Waals surface area contributed by atoms with Crippen molar-refractivity contribution in [1.82, 2.24) is 15.5 Å². The summed E-state index contributed by atoms with van der Waals surface area (Å²) in [7, 11) is 0. The number of carbonyl (C=O) groups excluding carboxylic acids is 2. The molecule has 0 aliphatic carbocycles. The number of imide groups is 1. The second-order valence-corrected chi connectivity index (χ2v) is 6.32. The molecule has 1 aliphatic rings. The van der Waals surface area contributed by atoms with Crippen LogP contribution in [0, 0.1) is 5.82 Å². The molecule has 1 atom stereocenters. The van der Waals surface area contributed by atoms with E-state index in [0.29, 0.717) is 57.2 Å². The molecule has 8 heteroatoms. The van der Waals surface area contributed by atoms with Crippen molar-refractivity contribution in [3.8, 4) is 5.75 Å². The SMILES string of the molecule is CCNC(=NCC(C)Oc1ccc(F)cc1)NCCN1C(=O)CCCC1=O. The molecular formula is C19H27FN4O3. The highest BCUT2D eigenvalue weighted by atomic mass is 19.1. The van der Waals surface area contributed by atoms with E-state index >= 15 is 0 Å². The summed E-state index contributed by atoms with van der Waals surface area (Å²) in [6, 6.07) is 5.84. The first-order chi connectivity index (χ1) is 13.0. The number of aliphatic imine (C=N–C) groups is 1. The molecule has 1 fully saturated rings. The first-order valence-corrected chi connectivity index (χ1v) is 9.27. The Morgan fingerprint density at radius 3 is 2.52 bits per heavy atom. The second kappa shape index (κ2) is 10.5. The average Bonchev–Trinajstić information content (AvgIpc) is 2.64. The lowest BCUT2D eigenvalue weighted by molar-refractivity contribution is -0.147. The molecule has 1 saturated heterocycles. The predicted molar refractivity (Wildman–Crippen MR) is 101 cm³/mol. The molecule has 2 N–H and O–H groups in total. The molecule has 1 heterocycles. The van der Waals surface area contributed by atoms with Gasteiger partial charge in [-0.15, -0.1) is 0 Å². The minimum absolute atomic E-state index is 0.115. The Kier molecular flexibility index (Phi) is 8.03. The van der Waals surface area contributed by atoms with Crippen molar-refractivity contribution in [1.29, 1.82) is 0 Å². The van der Waals surface area contributed by atoms with Crippen molar-refractivity contribution in [2.45, 2.75) is 39.2 Å². The van der Waals surface area contributed by atoms with Gasteiger partial charge in [0.15, 0.2) is 5.96 Å². The summed E-state index contributed by atoms with van der Waals surface area (Å²) in [4.78, 5) is 29.4. The molecule has 7 nitrogen and oxygen atoms in total. The van der Waals surface area contributed by atoms with E-state index in [4.69, 9.17) is 4.74 Å². The topological polar surface area (TPSA) is 83.0 Å². The van der Waals surface area contributed by atoms with E-state index in [-0.39, 0.29) is 23.7 Å². The number of hydrogen-bond acceptors (Lipinski definition) is 4. The largest absolute Gasteiger partial charge is 0.489 e. The van der Waals surface area contributed by atoms with Crippen LogP contribution in [0.4, 0.5) is 4.39 Å². The molecule has 0 radical (unpaired) electrons. The third-order valence-corrected chi connectivity index (χ3v) is 4.01. The fourth-order valence-corrected chi connectivity index (χ4v) is 2.68. The number of carbonyl (C=O) groups is 2. The molecule has 148 valence electrons. The molecule has 1 aliphatic heterocycles. The van der Waals surface area contributed by atoms with Gasteiger partial charge in [0, 0.05) is 32.5 Å². The predicted octanol–water partition coefficient (Wildman–Crippen LogP) is 1.69. The summed E-state index contributed by atoms with van der Waals surface area (Å²) in [5.74, 6) is 0.632. The molecule has 1 unspecified atom stereocenters. The van der Waals surface area contributed by atoms with Crippen LogP contribution in [0.15, 0.2) is 29.3 Å². The van der Waals surface area contributed by atoms with Crippen molar-refractivity contribution in [3.05, 3.63) is 30.1 Å². The van der Waals surface area contributed by atoms with E-state index < -0.39 is 0 Å². The standard InChI is InChI=1S/C19H27FN4O3/c1-3-21-19(22-11-12-24-17(25)5-4-6-18(24)26)23-13-14(2)27-16-9-7-15(20)8-10-16/h7-10,14H,3-6,11-13H2,1-2H3,(H2,21,22,23). The zero-order valence-electron chi connectivity index (χ0n) is 15.8. The molecule has 0 saturated carbocycles. The molecule has 1 aromatic carbocycles. The fourth-order valence-electron chi connectivity index (χ4n) is 2.68. The van der Waals surface area contributed by atoms with Crippen molar-refractivity contribution in [2.24, 2.45) is 4.99 Å². The van der Waals surface area contributed by atoms with Crippen molar-refractivity contribution in [3.63, 3.8) is 0 Å². The number of piperidine rings is 1. The number of likely N-dealkylation sites (tertiary alicyclic amines) is 1. The first-order valence-electron chi connectivity index (χ1n) is 9.27. The quantitative estimate of drug-likeness (QED) is 0.409. The van der Waals surface area contributed by atoms with Crippen molar-refractivity contribution in [2.75, 3.05) is 26.2 Å². The zero-order chi connectivity index (χ0) is 19.6. The van der Waals surface area contributed by atoms with Gasteiger partial charge in [0.1, 0.15) is 17.7 Å². The van der Waals surface area contributed by atoms with Gasteiger partial charge in [0.2, 0.25) is 11.8 Å². The summed E-state index contributed by atoms with van der Waals surface area (Å²) >= 11 is 0. The highest BCUT2D eigenvalue weighted by Gasteiger charge is 2.25. The van der Waals surface area contributed by atoms with E-state index in [1.165, 1.54) is 17.0 Å². The Morgan fingerprint density at radius 2 is 1.89 bits per heavy atom. The van der Waals surface area contributed by atoms with Crippen molar-refractivity contribution < 1.29 is 18.7 Å². The zero-order valence-corrected chi connectivity index (χ0v) is 15.8. The van der Waals surface area contributed by atoms with Crippen LogP contribution in [0.2, 0.25) is 0 Å². The van der Waals surface area contributed by atoms with Gasteiger partial charge in [-0.1, -0.05) is 0 Å². The monoisotopic (exact) mass is 378 g/mol. The normalized spacial score (nSPS) is 16.3. The molecule has 2 amide bonds. The average molecular weight is 378 g/mol. The summed E-state index contributed by atoms with van der Waals surface area (Å²) in [6.07, 6.45) is 1.30. The van der Waals surface area contributed by atoms with E-state index in [2.05, 4.69) is 15.6 Å². The Hall–Kier alpha value is -2.64. The number of hydrogen-bond donors (Lipinski definition) is 2. The summed E-state index contributed by atoms with van der Waals surface area (Å²) in [6.45, 7) is 5.66. The molecule has 0 bridgehead atoms. The highest BCUT2D eigenvalue weighted by Crippen LogP contribution is 2.13. The molecule has 1 aromatic rings. The van der Waals surface area contributed by atoms with Crippen LogP contribution in [0.1, 0.15) is 33.1 Å². The van der Waals surface area contributed by atoms with Gasteiger partial charge in [0.05, 0.1) is 6.54 Å². The van der Waals surface area contributed by atoms with Gasteiger partial charge in [-0.2, -0.15) is 0 Å². The number of nitrogens with one attached hydrogen (secondary N) is 2. The maximum atomic E-state index is 12.9. The van der Waals surface area contributed by atoms with E-state index in [9.17, 15) is 14.0 Å². The fraction of sp³-hybridized carbons (Fsp3) is 0.526. The summed E-state index contributed by atoms with van der Waals surface area (Å²) in [5, 5.41) is 6.24. The van der Waals surface area contributed by atoms with Crippen molar-refractivity contribution >= 4 is 17.8 Å². The van der Waals surface area contributed by atoms with Crippen LogP contribution < -0.4 is 15.4 Å². The number of amides is 2. The van der Waals surface area contributed by atoms with Crippen LogP contribution >= 0.6 is 0 Å². The van der Waals surface area contributed by atoms with Gasteiger partial charge in [-0.3, -0.25) is 14.5 Å². The maximum Gasteiger partial charge on any atom is 0.229 e. The molecule has 2 rings (SSSR count). The molecule has 27 heavy (non-hydrogen) atoms. The molecule has 0 aromatic heterocycles. The van der Waals surface area contributed by atoms with Crippen LogP contribution in [-0.2, 0) is 9.59 Å². The number of benzene rings is 1. The van der Waals surface area contributed by atoms with Crippen LogP contribution in [0.5, 0.6) is 5.75 Å². The van der Waals surface area contributed by atoms with Gasteiger partial charge >= 0.3 is 0 Å². The van der Waals surface area contributed by atoms with Gasteiger partial charge in [-0.25, -0.2) is 9.38 Å². The lowest BCUT2D eigenvalue weighted by atomic mass is 10.1. The number of nitrogens with zero attached hydrogens (tertiary/aromatic N) is 2. The highest BCUT2D eigenvalue weighted by molar-refractivity contribution is 5.97. The molecule has 0 spiro atoms. The minimum atomic E-state index is -0.308. The Labute approximate surface area is 159 Å². The van der Waals surface area contributed by atoms with Crippen LogP contribution in [0.25, 0.3) is 0 Å². The van der Waals surface area contributed by atoms with Crippen LogP contribution in [-0.4, -0.2) is 55.0 Å². The van der Waals surface area contributed by atoms with Gasteiger partial charge < -0.3 is 15.4 Å².